The summed E-state index contributed by atoms with van der Waals surface area (Å²) in [6.07, 6.45) is 5.17. The van der Waals surface area contributed by atoms with Crippen molar-refractivity contribution < 1.29 is 5.11 Å². The monoisotopic (exact) mass is 329 g/mol. The number of rotatable bonds is 7. The molecular formula is C13H20BrN3O2. The lowest BCUT2D eigenvalue weighted by Crippen LogP contribution is -2.25. The van der Waals surface area contributed by atoms with Gasteiger partial charge in [-0.05, 0) is 47.5 Å². The number of halogens is 1. The molecule has 1 atom stereocenters. The third-order valence-electron chi connectivity index (χ3n) is 3.38. The van der Waals surface area contributed by atoms with Gasteiger partial charge in [-0.3, -0.25) is 4.79 Å². The molecule has 0 spiro atoms. The van der Waals surface area contributed by atoms with Gasteiger partial charge in [-0.1, -0.05) is 6.92 Å². The Kier molecular flexibility index (Phi) is 4.99. The molecule has 1 unspecified atom stereocenters. The SMILES string of the molecule is CCC(O)CCNc1cnn(CC2CC2)c(=O)c1Br. The third-order valence-corrected chi connectivity index (χ3v) is 4.14. The lowest BCUT2D eigenvalue weighted by Gasteiger charge is -2.12. The van der Waals surface area contributed by atoms with E-state index in [4.69, 9.17) is 0 Å². The van der Waals surface area contributed by atoms with Crippen LogP contribution in [0.3, 0.4) is 0 Å². The quantitative estimate of drug-likeness (QED) is 0.802. The smallest absolute Gasteiger partial charge is 0.283 e. The van der Waals surface area contributed by atoms with Crippen molar-refractivity contribution in [3.8, 4) is 0 Å². The molecule has 1 saturated carbocycles. The molecule has 1 heterocycles. The summed E-state index contributed by atoms with van der Waals surface area (Å²) in [5.41, 5.74) is 0.605. The number of anilines is 1. The van der Waals surface area contributed by atoms with Crippen LogP contribution in [0.5, 0.6) is 0 Å². The van der Waals surface area contributed by atoms with Gasteiger partial charge in [0.25, 0.3) is 5.56 Å². The summed E-state index contributed by atoms with van der Waals surface area (Å²) in [6.45, 7) is 3.29. The van der Waals surface area contributed by atoms with Gasteiger partial charge in [0.1, 0.15) is 4.47 Å². The maximum Gasteiger partial charge on any atom is 0.283 e. The summed E-state index contributed by atoms with van der Waals surface area (Å²) in [4.78, 5) is 12.1. The predicted octanol–water partition coefficient (Wildman–Crippen LogP) is 1.99. The highest BCUT2D eigenvalue weighted by Gasteiger charge is 2.23. The molecule has 106 valence electrons. The van der Waals surface area contributed by atoms with Crippen LogP contribution in [0.1, 0.15) is 32.6 Å². The first-order chi connectivity index (χ1) is 9.11. The molecule has 1 aliphatic rings. The van der Waals surface area contributed by atoms with Gasteiger partial charge in [0.05, 0.1) is 18.0 Å². The normalized spacial score (nSPS) is 16.4. The number of nitrogens with zero attached hydrogens (tertiary/aromatic N) is 2. The summed E-state index contributed by atoms with van der Waals surface area (Å²) >= 11 is 3.33. The molecule has 2 N–H and O–H groups in total. The van der Waals surface area contributed by atoms with Crippen molar-refractivity contribution >= 4 is 21.6 Å². The zero-order valence-electron chi connectivity index (χ0n) is 11.1. The highest BCUT2D eigenvalue weighted by molar-refractivity contribution is 9.10. The Labute approximate surface area is 121 Å². The fourth-order valence-corrected chi connectivity index (χ4v) is 2.29. The average molecular weight is 330 g/mol. The van der Waals surface area contributed by atoms with E-state index in [1.54, 1.807) is 6.20 Å². The molecule has 0 radical (unpaired) electrons. The zero-order chi connectivity index (χ0) is 13.8. The van der Waals surface area contributed by atoms with Crippen molar-refractivity contribution in [1.29, 1.82) is 0 Å². The molecule has 0 aliphatic heterocycles. The summed E-state index contributed by atoms with van der Waals surface area (Å²) in [6, 6.07) is 0. The summed E-state index contributed by atoms with van der Waals surface area (Å²) in [5, 5.41) is 16.8. The molecule has 1 aromatic rings. The van der Waals surface area contributed by atoms with Gasteiger partial charge >= 0.3 is 0 Å². The van der Waals surface area contributed by atoms with Gasteiger partial charge < -0.3 is 10.4 Å². The molecule has 1 aliphatic carbocycles. The van der Waals surface area contributed by atoms with Gasteiger partial charge in [0, 0.05) is 13.1 Å². The van der Waals surface area contributed by atoms with Crippen molar-refractivity contribution in [3.05, 3.63) is 21.0 Å². The standard InChI is InChI=1S/C13H20BrN3O2/c1-2-10(18)5-6-15-11-7-16-17(8-9-3-4-9)13(19)12(11)14/h7,9-10,15,18H,2-6,8H2,1H3. The fraction of sp³-hybridized carbons (Fsp3) is 0.692. The minimum atomic E-state index is -0.297. The Morgan fingerprint density at radius 3 is 3.00 bits per heavy atom. The molecule has 0 aromatic carbocycles. The summed E-state index contributed by atoms with van der Waals surface area (Å²) < 4.78 is 2.04. The van der Waals surface area contributed by atoms with Crippen LogP contribution in [0.4, 0.5) is 5.69 Å². The molecule has 0 saturated heterocycles. The second kappa shape index (κ2) is 6.52. The zero-order valence-corrected chi connectivity index (χ0v) is 12.7. The molecule has 0 bridgehead atoms. The van der Waals surface area contributed by atoms with E-state index in [2.05, 4.69) is 26.3 Å². The van der Waals surface area contributed by atoms with Gasteiger partial charge in [-0.2, -0.15) is 5.10 Å². The second-order valence-corrected chi connectivity index (χ2v) is 5.87. The Hall–Kier alpha value is -0.880. The van der Waals surface area contributed by atoms with Crippen LogP contribution in [-0.4, -0.2) is 27.5 Å². The fourth-order valence-electron chi connectivity index (χ4n) is 1.84. The Morgan fingerprint density at radius 1 is 1.63 bits per heavy atom. The van der Waals surface area contributed by atoms with E-state index < -0.39 is 0 Å². The third kappa shape index (κ3) is 4.04. The maximum absolute atomic E-state index is 12.1. The average Bonchev–Trinajstić information content (AvgIpc) is 3.21. The summed E-state index contributed by atoms with van der Waals surface area (Å²) in [7, 11) is 0. The highest BCUT2D eigenvalue weighted by atomic mass is 79.9. The molecule has 2 rings (SSSR count). The first-order valence-electron chi connectivity index (χ1n) is 6.79. The van der Waals surface area contributed by atoms with E-state index in [1.807, 2.05) is 6.92 Å². The molecule has 5 nitrogen and oxygen atoms in total. The van der Waals surface area contributed by atoms with Crippen molar-refractivity contribution in [2.75, 3.05) is 11.9 Å². The molecule has 6 heteroatoms. The Morgan fingerprint density at radius 2 is 2.37 bits per heavy atom. The largest absolute Gasteiger partial charge is 0.393 e. The topological polar surface area (TPSA) is 67.2 Å². The van der Waals surface area contributed by atoms with Crippen molar-refractivity contribution in [2.45, 2.75) is 45.3 Å². The van der Waals surface area contributed by atoms with Crippen LogP contribution in [0.25, 0.3) is 0 Å². The van der Waals surface area contributed by atoms with E-state index in [0.29, 0.717) is 35.6 Å². The Bertz CT molecular complexity index is 485. The van der Waals surface area contributed by atoms with Gasteiger partial charge in [0.15, 0.2) is 0 Å². The molecular weight excluding hydrogens is 310 g/mol. The van der Waals surface area contributed by atoms with Crippen molar-refractivity contribution in [3.63, 3.8) is 0 Å². The van der Waals surface area contributed by atoms with Crippen LogP contribution in [0, 0.1) is 5.92 Å². The Balaban J connectivity index is 1.97. The molecule has 1 aromatic heterocycles. The second-order valence-electron chi connectivity index (χ2n) is 5.08. The number of nitrogens with one attached hydrogen (secondary N) is 1. The van der Waals surface area contributed by atoms with Crippen LogP contribution < -0.4 is 10.9 Å². The number of aromatic nitrogens is 2. The lowest BCUT2D eigenvalue weighted by molar-refractivity contribution is 0.164. The van der Waals surface area contributed by atoms with Crippen molar-refractivity contribution in [1.82, 2.24) is 9.78 Å². The van der Waals surface area contributed by atoms with Crippen LogP contribution in [-0.2, 0) is 6.54 Å². The van der Waals surface area contributed by atoms with Gasteiger partial charge in [-0.15, -0.1) is 0 Å². The van der Waals surface area contributed by atoms with E-state index in [9.17, 15) is 9.90 Å². The number of aliphatic hydroxyl groups is 1. The maximum atomic E-state index is 12.1. The summed E-state index contributed by atoms with van der Waals surface area (Å²) in [5.74, 6) is 0.621. The molecule has 1 fully saturated rings. The van der Waals surface area contributed by atoms with E-state index in [1.165, 1.54) is 17.5 Å². The van der Waals surface area contributed by atoms with Crippen LogP contribution in [0.2, 0.25) is 0 Å². The van der Waals surface area contributed by atoms with Gasteiger partial charge in [-0.25, -0.2) is 4.68 Å². The number of aliphatic hydroxyl groups excluding tert-OH is 1. The van der Waals surface area contributed by atoms with Gasteiger partial charge in [0.2, 0.25) is 0 Å². The van der Waals surface area contributed by atoms with E-state index >= 15 is 0 Å². The molecule has 19 heavy (non-hydrogen) atoms. The van der Waals surface area contributed by atoms with Crippen LogP contribution >= 0.6 is 15.9 Å². The highest BCUT2D eigenvalue weighted by Crippen LogP contribution is 2.30. The number of hydrogen-bond donors (Lipinski definition) is 2. The number of hydrogen-bond acceptors (Lipinski definition) is 4. The van der Waals surface area contributed by atoms with Crippen LogP contribution in [0.15, 0.2) is 15.5 Å². The minimum absolute atomic E-state index is 0.0899. The first kappa shape index (κ1) is 14.5. The lowest BCUT2D eigenvalue weighted by atomic mass is 10.2. The van der Waals surface area contributed by atoms with E-state index in [0.717, 1.165) is 6.42 Å². The predicted molar refractivity (Wildman–Crippen MR) is 78.3 cm³/mol. The molecule has 0 amide bonds. The van der Waals surface area contributed by atoms with Crippen molar-refractivity contribution in [2.24, 2.45) is 5.92 Å². The first-order valence-corrected chi connectivity index (χ1v) is 7.58. The van der Waals surface area contributed by atoms with E-state index in [-0.39, 0.29) is 11.7 Å². The minimum Gasteiger partial charge on any atom is -0.393 e.